The average molecular weight is 493 g/mol. The number of para-hydroxylation sites is 1. The lowest BCUT2D eigenvalue weighted by Gasteiger charge is -2.21. The Bertz CT molecular complexity index is 1420. The zero-order valence-electron chi connectivity index (χ0n) is 19.0. The van der Waals surface area contributed by atoms with E-state index in [1.165, 1.54) is 16.4 Å². The number of carbonyl (C=O) groups excluding carboxylic acids is 2. The summed E-state index contributed by atoms with van der Waals surface area (Å²) in [6, 6.07) is 12.9. The topological polar surface area (TPSA) is 139 Å². The van der Waals surface area contributed by atoms with Crippen LogP contribution >= 0.6 is 0 Å². The fourth-order valence-electron chi connectivity index (χ4n) is 4.50. The number of aromatic nitrogens is 2. The van der Waals surface area contributed by atoms with Crippen molar-refractivity contribution in [3.8, 4) is 11.3 Å². The normalized spacial score (nSPS) is 18.0. The summed E-state index contributed by atoms with van der Waals surface area (Å²) in [5, 5.41) is 3.10. The zero-order valence-corrected chi connectivity index (χ0v) is 19.8. The lowest BCUT2D eigenvalue weighted by molar-refractivity contribution is -0.121. The molecule has 1 saturated heterocycles. The van der Waals surface area contributed by atoms with Crippen LogP contribution in [0.5, 0.6) is 0 Å². The van der Waals surface area contributed by atoms with Crippen LogP contribution < -0.4 is 16.0 Å². The molecule has 3 heterocycles. The van der Waals surface area contributed by atoms with E-state index in [1.807, 2.05) is 24.3 Å². The molecule has 180 valence electrons. The second-order valence-corrected chi connectivity index (χ2v) is 10.4. The lowest BCUT2D eigenvalue weighted by Crippen LogP contribution is -2.43. The standard InChI is InChI=1S/C24H24N6O4S/c1-29-19-6-3-2-5-18(19)22-15(13-21(29)31)14-26-24(28-22)27-16-8-10-17(11-9-16)35(33,34)30-12-4-7-20(30)23(25)32/h2-3,5-6,8-11,14,20H,4,7,12-13H2,1H3,(H2,25,32)(H,26,27,28)/t20-/m0/s1. The Hall–Kier alpha value is -3.83. The highest BCUT2D eigenvalue weighted by Gasteiger charge is 2.38. The number of fused-ring (bicyclic) bond motifs is 3. The summed E-state index contributed by atoms with van der Waals surface area (Å²) in [5.41, 5.74) is 8.97. The molecule has 1 fully saturated rings. The van der Waals surface area contributed by atoms with Gasteiger partial charge in [-0.05, 0) is 43.2 Å². The van der Waals surface area contributed by atoms with E-state index in [0.29, 0.717) is 30.2 Å². The fraction of sp³-hybridized carbons (Fsp3) is 0.250. The minimum atomic E-state index is -3.85. The van der Waals surface area contributed by atoms with E-state index in [1.54, 1.807) is 30.3 Å². The van der Waals surface area contributed by atoms with Crippen molar-refractivity contribution in [1.29, 1.82) is 0 Å². The largest absolute Gasteiger partial charge is 0.368 e. The van der Waals surface area contributed by atoms with Crippen LogP contribution in [-0.4, -0.2) is 54.1 Å². The van der Waals surface area contributed by atoms with Gasteiger partial charge in [-0.25, -0.2) is 18.4 Å². The van der Waals surface area contributed by atoms with Crippen LogP contribution in [-0.2, 0) is 26.0 Å². The number of carbonyl (C=O) groups is 2. The number of primary amides is 1. The van der Waals surface area contributed by atoms with Gasteiger partial charge in [-0.15, -0.1) is 0 Å². The number of likely N-dealkylation sites (N-methyl/N-ethyl adjacent to an activating group) is 1. The van der Waals surface area contributed by atoms with Crippen LogP contribution in [0, 0.1) is 0 Å². The third kappa shape index (κ3) is 4.13. The van der Waals surface area contributed by atoms with Crippen molar-refractivity contribution < 1.29 is 18.0 Å². The summed E-state index contributed by atoms with van der Waals surface area (Å²) < 4.78 is 27.2. The molecule has 0 radical (unpaired) electrons. The first-order valence-electron chi connectivity index (χ1n) is 11.2. The van der Waals surface area contributed by atoms with E-state index in [2.05, 4.69) is 15.3 Å². The number of hydrogen-bond donors (Lipinski definition) is 2. The molecule has 1 aromatic heterocycles. The monoisotopic (exact) mass is 492 g/mol. The highest BCUT2D eigenvalue weighted by Crippen LogP contribution is 2.35. The number of anilines is 3. The number of hydrogen-bond acceptors (Lipinski definition) is 7. The van der Waals surface area contributed by atoms with E-state index in [9.17, 15) is 18.0 Å². The molecule has 0 saturated carbocycles. The minimum absolute atomic E-state index is 0.0473. The van der Waals surface area contributed by atoms with Gasteiger partial charge in [0.25, 0.3) is 0 Å². The SMILES string of the molecule is CN1C(=O)Cc2cnc(Nc3ccc(S(=O)(=O)N4CCC[C@H]4C(N)=O)cc3)nc2-c2ccccc21. The predicted molar refractivity (Wildman–Crippen MR) is 130 cm³/mol. The number of sulfonamides is 1. The van der Waals surface area contributed by atoms with Gasteiger partial charge in [0, 0.05) is 36.6 Å². The Labute approximate surface area is 202 Å². The Kier molecular flexibility index (Phi) is 5.73. The predicted octanol–water partition coefficient (Wildman–Crippen LogP) is 2.04. The van der Waals surface area contributed by atoms with Gasteiger partial charge in [-0.3, -0.25) is 9.59 Å². The van der Waals surface area contributed by atoms with Gasteiger partial charge in [0.15, 0.2) is 0 Å². The average Bonchev–Trinajstić information content (AvgIpc) is 3.33. The molecule has 11 heteroatoms. The highest BCUT2D eigenvalue weighted by molar-refractivity contribution is 7.89. The number of benzene rings is 2. The lowest BCUT2D eigenvalue weighted by atomic mass is 10.1. The van der Waals surface area contributed by atoms with Gasteiger partial charge in [0.05, 0.1) is 22.7 Å². The van der Waals surface area contributed by atoms with Crippen LogP contribution in [0.1, 0.15) is 18.4 Å². The van der Waals surface area contributed by atoms with Gasteiger partial charge in [0.1, 0.15) is 6.04 Å². The van der Waals surface area contributed by atoms with E-state index in [-0.39, 0.29) is 23.8 Å². The fourth-order valence-corrected chi connectivity index (χ4v) is 6.16. The third-order valence-corrected chi connectivity index (χ3v) is 8.27. The van der Waals surface area contributed by atoms with Crippen molar-refractivity contribution in [1.82, 2.24) is 14.3 Å². The summed E-state index contributed by atoms with van der Waals surface area (Å²) in [6.45, 7) is 0.262. The number of nitrogens with zero attached hydrogens (tertiary/aromatic N) is 4. The molecule has 2 amide bonds. The first kappa shape index (κ1) is 22.9. The van der Waals surface area contributed by atoms with Crippen LogP contribution in [0.2, 0.25) is 0 Å². The van der Waals surface area contributed by atoms with Crippen molar-refractivity contribution in [2.24, 2.45) is 5.73 Å². The molecule has 1 atom stereocenters. The van der Waals surface area contributed by atoms with Gasteiger partial charge >= 0.3 is 0 Å². The van der Waals surface area contributed by atoms with Crippen molar-refractivity contribution in [3.05, 3.63) is 60.3 Å². The first-order chi connectivity index (χ1) is 16.8. The Morgan fingerprint density at radius 3 is 2.63 bits per heavy atom. The zero-order chi connectivity index (χ0) is 24.7. The van der Waals surface area contributed by atoms with E-state index in [4.69, 9.17) is 5.73 Å². The van der Waals surface area contributed by atoms with Crippen LogP contribution in [0.4, 0.5) is 17.3 Å². The minimum Gasteiger partial charge on any atom is -0.368 e. The second kappa shape index (κ2) is 8.75. The third-order valence-electron chi connectivity index (χ3n) is 6.35. The Morgan fingerprint density at radius 1 is 1.14 bits per heavy atom. The Morgan fingerprint density at radius 2 is 1.89 bits per heavy atom. The highest BCUT2D eigenvalue weighted by atomic mass is 32.2. The molecule has 0 unspecified atom stereocenters. The van der Waals surface area contributed by atoms with Crippen molar-refractivity contribution in [2.75, 3.05) is 23.8 Å². The van der Waals surface area contributed by atoms with Crippen molar-refractivity contribution >= 4 is 39.2 Å². The molecule has 0 aliphatic carbocycles. The maximum absolute atomic E-state index is 13.0. The van der Waals surface area contributed by atoms with E-state index < -0.39 is 22.0 Å². The van der Waals surface area contributed by atoms with Crippen LogP contribution in [0.3, 0.4) is 0 Å². The number of nitrogens with two attached hydrogens (primary N) is 1. The molecule has 2 aliphatic heterocycles. The van der Waals surface area contributed by atoms with Gasteiger partial charge < -0.3 is 16.0 Å². The first-order valence-corrected chi connectivity index (χ1v) is 12.6. The summed E-state index contributed by atoms with van der Waals surface area (Å²) >= 11 is 0. The molecule has 3 aromatic rings. The Balaban J connectivity index is 1.41. The molecule has 0 spiro atoms. The van der Waals surface area contributed by atoms with Crippen LogP contribution in [0.15, 0.2) is 59.6 Å². The summed E-state index contributed by atoms with van der Waals surface area (Å²) in [7, 11) is -2.11. The van der Waals surface area contributed by atoms with Gasteiger partial charge in [0.2, 0.25) is 27.8 Å². The molecule has 35 heavy (non-hydrogen) atoms. The summed E-state index contributed by atoms with van der Waals surface area (Å²) in [4.78, 5) is 34.9. The molecule has 2 aromatic carbocycles. The van der Waals surface area contributed by atoms with Crippen molar-refractivity contribution in [3.63, 3.8) is 0 Å². The van der Waals surface area contributed by atoms with Crippen LogP contribution in [0.25, 0.3) is 11.3 Å². The summed E-state index contributed by atoms with van der Waals surface area (Å²) in [5.74, 6) is -0.368. The van der Waals surface area contributed by atoms with E-state index in [0.717, 1.165) is 16.8 Å². The van der Waals surface area contributed by atoms with Gasteiger partial charge in [-0.1, -0.05) is 18.2 Å². The quantitative estimate of drug-likeness (QED) is 0.556. The number of nitrogens with one attached hydrogen (secondary N) is 1. The second-order valence-electron chi connectivity index (χ2n) is 8.54. The van der Waals surface area contributed by atoms with Gasteiger partial charge in [-0.2, -0.15) is 4.31 Å². The number of rotatable bonds is 5. The molecule has 3 N–H and O–H groups in total. The maximum atomic E-state index is 13.0. The molecule has 0 bridgehead atoms. The molecule has 10 nitrogen and oxygen atoms in total. The summed E-state index contributed by atoms with van der Waals surface area (Å²) in [6.07, 6.45) is 2.84. The maximum Gasteiger partial charge on any atom is 0.243 e. The molecular formula is C24H24N6O4S. The molecule has 5 rings (SSSR count). The number of amides is 2. The van der Waals surface area contributed by atoms with Crippen molar-refractivity contribution in [2.45, 2.75) is 30.2 Å². The van der Waals surface area contributed by atoms with E-state index >= 15 is 0 Å². The molecule has 2 aliphatic rings. The smallest absolute Gasteiger partial charge is 0.243 e. The molecular weight excluding hydrogens is 468 g/mol.